The third-order valence-electron chi connectivity index (χ3n) is 6.84. The molecule has 3 N–H and O–H groups in total. The average Bonchev–Trinajstić information content (AvgIpc) is 2.83. The zero-order valence-electron chi connectivity index (χ0n) is 18.7. The topological polar surface area (TPSA) is 70.2 Å². The molecular weight excluding hydrogens is 422 g/mol. The Hall–Kier alpha value is -2.37. The summed E-state index contributed by atoms with van der Waals surface area (Å²) in [6.45, 7) is 3.48. The molecule has 0 spiro atoms. The molecule has 0 saturated heterocycles. The Balaban J connectivity index is 0.00000289. The molecule has 0 bridgehead atoms. The molecule has 0 aromatic heterocycles. The van der Waals surface area contributed by atoms with Crippen molar-refractivity contribution < 1.29 is 9.59 Å². The fourth-order valence-electron chi connectivity index (χ4n) is 4.79. The number of benzene rings is 2. The molecule has 1 aliphatic heterocycles. The Morgan fingerprint density at radius 3 is 2.31 bits per heavy atom. The van der Waals surface area contributed by atoms with E-state index in [-0.39, 0.29) is 42.2 Å². The Bertz CT molecular complexity index is 897. The predicted molar refractivity (Wildman–Crippen MR) is 129 cm³/mol. The molecule has 2 aromatic carbocycles. The molecule has 2 atom stereocenters. The van der Waals surface area contributed by atoms with Crippen LogP contribution in [0.5, 0.6) is 0 Å². The lowest BCUT2D eigenvalue weighted by Gasteiger charge is -2.30. The third kappa shape index (κ3) is 6.11. The maximum atomic E-state index is 12.7. The molecule has 2 aliphatic rings. The molecule has 2 amide bonds. The number of hydrogen-bond donors (Lipinski definition) is 3. The van der Waals surface area contributed by atoms with Crippen LogP contribution in [0.25, 0.3) is 0 Å². The number of nitrogens with one attached hydrogen (secondary N) is 3. The first-order valence-corrected chi connectivity index (χ1v) is 11.5. The van der Waals surface area contributed by atoms with E-state index in [9.17, 15) is 9.59 Å². The van der Waals surface area contributed by atoms with Crippen molar-refractivity contribution in [2.75, 3.05) is 6.54 Å². The van der Waals surface area contributed by atoms with Crippen molar-refractivity contribution in [3.8, 4) is 0 Å². The highest BCUT2D eigenvalue weighted by atomic mass is 35.5. The van der Waals surface area contributed by atoms with E-state index in [1.807, 2.05) is 49.4 Å². The van der Waals surface area contributed by atoms with Crippen LogP contribution in [-0.2, 0) is 22.6 Å². The summed E-state index contributed by atoms with van der Waals surface area (Å²) >= 11 is 0. The highest BCUT2D eigenvalue weighted by Crippen LogP contribution is 2.29. The normalized spacial score (nSPS) is 23.2. The number of hydrogen-bond acceptors (Lipinski definition) is 3. The van der Waals surface area contributed by atoms with Crippen molar-refractivity contribution in [3.63, 3.8) is 0 Å². The highest BCUT2D eigenvalue weighted by molar-refractivity contribution is 5.85. The SMILES string of the molecule is CC(NC(=O)C1CCC(CNC(=O)[C@@H]2Cc3ccccc3CN2)CC1)c1ccccc1.Cl. The van der Waals surface area contributed by atoms with Gasteiger partial charge in [0.1, 0.15) is 0 Å². The number of amides is 2. The van der Waals surface area contributed by atoms with Crippen LogP contribution < -0.4 is 16.0 Å². The van der Waals surface area contributed by atoms with Gasteiger partial charge in [-0.25, -0.2) is 0 Å². The molecule has 2 aromatic rings. The molecule has 6 heteroatoms. The van der Waals surface area contributed by atoms with Crippen LogP contribution in [0.15, 0.2) is 54.6 Å². The summed E-state index contributed by atoms with van der Waals surface area (Å²) in [5, 5.41) is 9.67. The van der Waals surface area contributed by atoms with Gasteiger partial charge in [0.25, 0.3) is 0 Å². The van der Waals surface area contributed by atoms with Gasteiger partial charge in [0.05, 0.1) is 12.1 Å². The minimum absolute atomic E-state index is 0. The largest absolute Gasteiger partial charge is 0.354 e. The van der Waals surface area contributed by atoms with Crippen molar-refractivity contribution in [1.82, 2.24) is 16.0 Å². The van der Waals surface area contributed by atoms with Crippen LogP contribution in [0.4, 0.5) is 0 Å². The van der Waals surface area contributed by atoms with E-state index in [4.69, 9.17) is 0 Å². The van der Waals surface area contributed by atoms with Crippen LogP contribution >= 0.6 is 12.4 Å². The van der Waals surface area contributed by atoms with Crippen molar-refractivity contribution in [1.29, 1.82) is 0 Å². The number of carbonyl (C=O) groups excluding carboxylic acids is 2. The van der Waals surface area contributed by atoms with Crippen LogP contribution in [0.3, 0.4) is 0 Å². The summed E-state index contributed by atoms with van der Waals surface area (Å²) in [4.78, 5) is 25.3. The van der Waals surface area contributed by atoms with Gasteiger partial charge in [-0.15, -0.1) is 12.4 Å². The van der Waals surface area contributed by atoms with Crippen molar-refractivity contribution >= 4 is 24.2 Å². The lowest BCUT2D eigenvalue weighted by atomic mass is 9.81. The van der Waals surface area contributed by atoms with Gasteiger partial charge in [0.15, 0.2) is 0 Å². The lowest BCUT2D eigenvalue weighted by Crippen LogP contribution is -2.48. The van der Waals surface area contributed by atoms with Gasteiger partial charge in [-0.2, -0.15) is 0 Å². The van der Waals surface area contributed by atoms with Crippen molar-refractivity contribution in [3.05, 3.63) is 71.3 Å². The van der Waals surface area contributed by atoms with Gasteiger partial charge in [0.2, 0.25) is 11.8 Å². The molecule has 4 rings (SSSR count). The minimum atomic E-state index is -0.156. The predicted octanol–water partition coefficient (Wildman–Crippen LogP) is 3.92. The van der Waals surface area contributed by atoms with Crippen LogP contribution in [0, 0.1) is 11.8 Å². The summed E-state index contributed by atoms with van der Waals surface area (Å²) in [5.41, 5.74) is 3.67. The molecule has 5 nitrogen and oxygen atoms in total. The van der Waals surface area contributed by atoms with E-state index >= 15 is 0 Å². The maximum absolute atomic E-state index is 12.7. The monoisotopic (exact) mass is 455 g/mol. The van der Waals surface area contributed by atoms with Gasteiger partial charge in [-0.3, -0.25) is 9.59 Å². The van der Waals surface area contributed by atoms with E-state index in [0.29, 0.717) is 12.5 Å². The summed E-state index contributed by atoms with van der Waals surface area (Å²) in [7, 11) is 0. The van der Waals surface area contributed by atoms with Gasteiger partial charge in [0, 0.05) is 19.0 Å². The van der Waals surface area contributed by atoms with Crippen molar-refractivity contribution in [2.24, 2.45) is 11.8 Å². The van der Waals surface area contributed by atoms with Gasteiger partial charge in [-0.05, 0) is 61.6 Å². The molecule has 1 aliphatic carbocycles. The quantitative estimate of drug-likeness (QED) is 0.618. The first-order chi connectivity index (χ1) is 15.1. The van der Waals surface area contributed by atoms with Gasteiger partial charge < -0.3 is 16.0 Å². The lowest BCUT2D eigenvalue weighted by molar-refractivity contribution is -0.127. The maximum Gasteiger partial charge on any atom is 0.237 e. The van der Waals surface area contributed by atoms with Gasteiger partial charge >= 0.3 is 0 Å². The van der Waals surface area contributed by atoms with E-state index in [1.165, 1.54) is 11.1 Å². The van der Waals surface area contributed by atoms with E-state index in [1.54, 1.807) is 0 Å². The molecule has 172 valence electrons. The molecule has 0 radical (unpaired) electrons. The standard InChI is InChI=1S/C26H33N3O2.ClH/c1-18(20-7-3-2-4-8-20)29-25(30)21-13-11-19(12-14-21)16-28-26(31)24-15-22-9-5-6-10-23(22)17-27-24;/h2-10,18-19,21,24,27H,11-17H2,1H3,(H,28,31)(H,29,30);1H/t18?,19?,21?,24-;/m0./s1. The summed E-state index contributed by atoms with van der Waals surface area (Å²) < 4.78 is 0. The molecule has 1 saturated carbocycles. The number of carbonyl (C=O) groups is 2. The Morgan fingerprint density at radius 2 is 1.59 bits per heavy atom. The van der Waals surface area contributed by atoms with E-state index in [0.717, 1.165) is 44.2 Å². The Kier molecular flexibility index (Phi) is 8.71. The smallest absolute Gasteiger partial charge is 0.237 e. The molecule has 32 heavy (non-hydrogen) atoms. The summed E-state index contributed by atoms with van der Waals surface area (Å²) in [6, 6.07) is 18.3. The van der Waals surface area contributed by atoms with E-state index < -0.39 is 0 Å². The molecule has 1 unspecified atom stereocenters. The van der Waals surface area contributed by atoms with Crippen LogP contribution in [0.2, 0.25) is 0 Å². The first-order valence-electron chi connectivity index (χ1n) is 11.5. The van der Waals surface area contributed by atoms with Crippen LogP contribution in [-0.4, -0.2) is 24.4 Å². The number of rotatable bonds is 6. The Labute approximate surface area is 197 Å². The summed E-state index contributed by atoms with van der Waals surface area (Å²) in [6.07, 6.45) is 4.50. The number of halogens is 1. The Morgan fingerprint density at radius 1 is 0.938 bits per heavy atom. The second-order valence-electron chi connectivity index (χ2n) is 9.01. The summed E-state index contributed by atoms with van der Waals surface area (Å²) in [5.74, 6) is 0.778. The fraction of sp³-hybridized carbons (Fsp3) is 0.462. The second kappa shape index (κ2) is 11.5. The zero-order chi connectivity index (χ0) is 21.6. The van der Waals surface area contributed by atoms with Crippen molar-refractivity contribution in [2.45, 2.75) is 57.7 Å². The minimum Gasteiger partial charge on any atom is -0.354 e. The van der Waals surface area contributed by atoms with Crippen LogP contribution in [0.1, 0.15) is 55.3 Å². The third-order valence-corrected chi connectivity index (χ3v) is 6.84. The molecule has 1 fully saturated rings. The fourth-order valence-corrected chi connectivity index (χ4v) is 4.79. The number of fused-ring (bicyclic) bond motifs is 1. The van der Waals surface area contributed by atoms with E-state index in [2.05, 4.69) is 28.1 Å². The first kappa shape index (κ1) is 24.3. The average molecular weight is 456 g/mol. The van der Waals surface area contributed by atoms with Gasteiger partial charge in [-0.1, -0.05) is 54.6 Å². The zero-order valence-corrected chi connectivity index (χ0v) is 19.5. The second-order valence-corrected chi connectivity index (χ2v) is 9.01. The molecule has 1 heterocycles. The highest BCUT2D eigenvalue weighted by Gasteiger charge is 2.29. The molecular formula is C26H34ClN3O2.